The molecule has 3 aromatic heterocycles. The maximum Gasteiger partial charge on any atom is 1.00 e. The predicted octanol–water partition coefficient (Wildman–Crippen LogP) is 4.13. The molecule has 0 spiro atoms. The van der Waals surface area contributed by atoms with Crippen LogP contribution in [0.5, 0.6) is 0 Å². The van der Waals surface area contributed by atoms with Crippen LogP contribution in [-0.2, 0) is 53.0 Å². The standard InChI is InChI=1S/C14H13ClN2O3.C14H15ClN2O2.C13H13ClN2O2.CH4.K.H/c15-12-4-3-9(6-16-12)7-17-5-1-2-11-13(17)10(8-18)14(19)20-11;1-9-13-11(19-14(9)18)3-2-6-17(13)8-10-4-5-12(15)16-7-10;14-12-4-3-9(7-15-12)8-16-5-1-2-11-10(16)6-13(17)18-11;;;/h3-4,6,8,11H,1-2,5,7H2;4-5,7,11H,2-3,6,8H2,1H3;3-4,6-7,11H,1-2,5,8H2;1H4;;/q;;;;+1;-1. The van der Waals surface area contributed by atoms with Gasteiger partial charge in [-0.3, -0.25) is 4.79 Å². The molecule has 0 radical (unpaired) electrons. The van der Waals surface area contributed by atoms with Gasteiger partial charge in [-0.05, 0) is 80.3 Å². The van der Waals surface area contributed by atoms with Crippen molar-refractivity contribution >= 4 is 59.0 Å². The van der Waals surface area contributed by atoms with E-state index >= 15 is 0 Å². The third-order valence-corrected chi connectivity index (χ3v) is 11.2. The number of carbonyl (C=O) groups is 4. The monoisotopic (exact) mass is 890 g/mol. The summed E-state index contributed by atoms with van der Waals surface area (Å²) >= 11 is 17.3. The van der Waals surface area contributed by atoms with Gasteiger partial charge in [0.25, 0.3) is 0 Å². The van der Waals surface area contributed by atoms with Crippen LogP contribution in [0.3, 0.4) is 0 Å². The number of likely N-dealkylation sites (tertiary alicyclic amines) is 3. The van der Waals surface area contributed by atoms with Crippen LogP contribution < -0.4 is 51.4 Å². The molecule has 3 saturated heterocycles. The van der Waals surface area contributed by atoms with Gasteiger partial charge in [0.1, 0.15) is 39.3 Å². The molecule has 0 aliphatic carbocycles. The molecule has 17 heteroatoms. The van der Waals surface area contributed by atoms with Crippen molar-refractivity contribution < 1.29 is 86.2 Å². The van der Waals surface area contributed by atoms with Crippen LogP contribution in [0.25, 0.3) is 0 Å². The number of aromatic nitrogens is 3. The Morgan fingerprint density at radius 2 is 1.10 bits per heavy atom. The molecule has 0 saturated carbocycles. The molecule has 9 rings (SSSR count). The van der Waals surface area contributed by atoms with Crippen molar-refractivity contribution in [3.63, 3.8) is 0 Å². The van der Waals surface area contributed by atoms with Crippen LogP contribution in [-0.4, -0.2) is 91.8 Å². The number of esters is 3. The van der Waals surface area contributed by atoms with E-state index < -0.39 is 5.97 Å². The van der Waals surface area contributed by atoms with Crippen molar-refractivity contribution in [1.29, 1.82) is 0 Å². The number of aldehydes is 1. The topological polar surface area (TPSA) is 144 Å². The Morgan fingerprint density at radius 1 is 0.661 bits per heavy atom. The van der Waals surface area contributed by atoms with Crippen LogP contribution in [0.4, 0.5) is 0 Å². The molecule has 0 bridgehead atoms. The Morgan fingerprint density at radius 3 is 1.59 bits per heavy atom. The van der Waals surface area contributed by atoms with Gasteiger partial charge in [-0.2, -0.15) is 0 Å². The summed E-state index contributed by atoms with van der Waals surface area (Å²) < 4.78 is 15.8. The normalized spacial score (nSPS) is 21.5. The minimum absolute atomic E-state index is 0. The van der Waals surface area contributed by atoms with Crippen LogP contribution in [0.15, 0.2) is 89.3 Å². The summed E-state index contributed by atoms with van der Waals surface area (Å²) in [5, 5.41) is 1.43. The Hall–Kier alpha value is -3.34. The summed E-state index contributed by atoms with van der Waals surface area (Å²) in [6, 6.07) is 11.1. The molecule has 3 unspecified atom stereocenters. The van der Waals surface area contributed by atoms with E-state index in [9.17, 15) is 19.2 Å². The average Bonchev–Trinajstić information content (AvgIpc) is 3.86. The fraction of sp³-hybridized carbons (Fsp3) is 0.405. The van der Waals surface area contributed by atoms with E-state index in [-0.39, 0.29) is 96.1 Å². The van der Waals surface area contributed by atoms with Gasteiger partial charge < -0.3 is 30.3 Å². The second kappa shape index (κ2) is 21.4. The van der Waals surface area contributed by atoms with E-state index in [1.807, 2.05) is 30.0 Å². The molecule has 0 aromatic carbocycles. The molecule has 3 atom stereocenters. The molecule has 59 heavy (non-hydrogen) atoms. The van der Waals surface area contributed by atoms with Crippen molar-refractivity contribution in [2.45, 2.75) is 90.8 Å². The first-order chi connectivity index (χ1) is 27.6. The van der Waals surface area contributed by atoms with Crippen LogP contribution >= 0.6 is 34.8 Å². The van der Waals surface area contributed by atoms with Crippen LogP contribution in [0.2, 0.25) is 15.5 Å². The number of rotatable bonds is 7. The van der Waals surface area contributed by atoms with Crippen LogP contribution in [0.1, 0.15) is 71.0 Å². The second-order valence-corrected chi connectivity index (χ2v) is 15.5. The smallest absolute Gasteiger partial charge is 1.00 e. The molecule has 13 nitrogen and oxygen atoms in total. The van der Waals surface area contributed by atoms with E-state index in [4.69, 9.17) is 49.0 Å². The number of fused-ring (bicyclic) bond motifs is 3. The van der Waals surface area contributed by atoms with Crippen LogP contribution in [0, 0.1) is 0 Å². The number of hydrogen-bond donors (Lipinski definition) is 0. The van der Waals surface area contributed by atoms with Crippen molar-refractivity contribution in [2.75, 3.05) is 19.6 Å². The summed E-state index contributed by atoms with van der Waals surface area (Å²) in [5.74, 6) is -0.918. The molecule has 6 aliphatic rings. The van der Waals surface area contributed by atoms with Gasteiger partial charge in [0.2, 0.25) is 0 Å². The van der Waals surface area contributed by atoms with Crippen molar-refractivity contribution in [3.05, 3.63) is 121 Å². The first kappa shape index (κ1) is 46.7. The zero-order chi connectivity index (χ0) is 40.1. The van der Waals surface area contributed by atoms with Gasteiger partial charge in [-0.15, -0.1) is 0 Å². The fourth-order valence-electron chi connectivity index (χ4n) is 7.84. The third kappa shape index (κ3) is 11.5. The Balaban J connectivity index is 0.000000194. The number of halogens is 3. The summed E-state index contributed by atoms with van der Waals surface area (Å²) in [4.78, 5) is 64.3. The summed E-state index contributed by atoms with van der Waals surface area (Å²) in [6.45, 7) is 6.60. The fourth-order valence-corrected chi connectivity index (χ4v) is 8.18. The minimum Gasteiger partial charge on any atom is -1.00 e. The number of nitrogens with zero attached hydrogens (tertiary/aromatic N) is 6. The van der Waals surface area contributed by atoms with Gasteiger partial charge in [-0.1, -0.05) is 60.4 Å². The van der Waals surface area contributed by atoms with Gasteiger partial charge >= 0.3 is 69.3 Å². The Kier molecular flexibility index (Phi) is 17.0. The Labute approximate surface area is 403 Å². The molecule has 6 aliphatic heterocycles. The molecule has 0 amide bonds. The summed E-state index contributed by atoms with van der Waals surface area (Å²) in [5.41, 5.74) is 6.80. The largest absolute Gasteiger partial charge is 1.00 e. The SMILES string of the molecule is C.CC1=C2C(CCCN2Cc2ccc(Cl)nc2)OC1=O.O=C1C=C2C(CCCN2Cc2ccc(Cl)nc2)O1.O=CC1=C2C(CCCN2Cc2ccc(Cl)nc2)OC1=O.[H-].[K+]. The van der Waals surface area contributed by atoms with Crippen molar-refractivity contribution in [3.8, 4) is 0 Å². The molecule has 3 fully saturated rings. The molecule has 3 aromatic rings. The quantitative estimate of drug-likeness (QED) is 0.0839. The van der Waals surface area contributed by atoms with Gasteiger partial charge in [0, 0.05) is 63.9 Å². The third-order valence-electron chi connectivity index (χ3n) is 10.5. The number of carbonyl (C=O) groups excluding carboxylic acids is 4. The van der Waals surface area contributed by atoms with E-state index in [1.54, 1.807) is 42.9 Å². The van der Waals surface area contributed by atoms with Crippen molar-refractivity contribution in [1.82, 2.24) is 29.7 Å². The summed E-state index contributed by atoms with van der Waals surface area (Å²) in [7, 11) is 0. The molecule has 9 heterocycles. The van der Waals surface area contributed by atoms with E-state index in [2.05, 4.69) is 24.8 Å². The van der Waals surface area contributed by atoms with Crippen molar-refractivity contribution in [2.24, 2.45) is 0 Å². The summed E-state index contributed by atoms with van der Waals surface area (Å²) in [6.07, 6.45) is 12.7. The Bertz CT molecular complexity index is 2110. The number of pyridine rings is 3. The molecule has 308 valence electrons. The van der Waals surface area contributed by atoms with Gasteiger partial charge in [0.15, 0.2) is 6.29 Å². The van der Waals surface area contributed by atoms with Gasteiger partial charge in [0.05, 0.1) is 22.7 Å². The zero-order valence-corrected chi connectivity index (χ0v) is 37.6. The molecule has 0 N–H and O–H groups in total. The number of hydrogen-bond acceptors (Lipinski definition) is 13. The maximum atomic E-state index is 11.6. The van der Waals surface area contributed by atoms with Gasteiger partial charge in [-0.25, -0.2) is 29.3 Å². The van der Waals surface area contributed by atoms with E-state index in [0.717, 1.165) is 105 Å². The minimum atomic E-state index is -0.513. The van der Waals surface area contributed by atoms with E-state index in [0.29, 0.717) is 34.0 Å². The first-order valence-electron chi connectivity index (χ1n) is 18.9. The number of ether oxygens (including phenoxy) is 3. The second-order valence-electron chi connectivity index (χ2n) is 14.4. The zero-order valence-electron chi connectivity index (χ0n) is 33.2. The first-order valence-corrected chi connectivity index (χ1v) is 20.0. The average molecular weight is 892 g/mol. The molecular formula is C42H46Cl3KN6O7. The number of piperidine rings is 3. The predicted molar refractivity (Wildman–Crippen MR) is 218 cm³/mol. The van der Waals surface area contributed by atoms with E-state index in [1.165, 1.54) is 0 Å². The maximum absolute atomic E-state index is 11.6. The molecular weight excluding hydrogens is 846 g/mol.